The Morgan fingerprint density at radius 3 is 2.82 bits per heavy atom. The van der Waals surface area contributed by atoms with Gasteiger partial charge in [0.2, 0.25) is 0 Å². The van der Waals surface area contributed by atoms with E-state index >= 15 is 0 Å². The molecule has 0 rings (SSSR count). The molecule has 0 aliphatic rings. The maximum Gasteiger partial charge on any atom is 0.384 e. The van der Waals surface area contributed by atoms with Crippen molar-refractivity contribution in [1.82, 2.24) is 0 Å². The van der Waals surface area contributed by atoms with Crippen LogP contribution in [0.5, 0.6) is 0 Å². The van der Waals surface area contributed by atoms with Crippen molar-refractivity contribution in [3.8, 4) is 11.8 Å². The Bertz CT molecular complexity index is 167. The molecule has 0 saturated carbocycles. The molecule has 2 nitrogen and oxygen atoms in total. The summed E-state index contributed by atoms with van der Waals surface area (Å²) >= 11 is 3.30. The fourth-order valence-electron chi connectivity index (χ4n) is 0.494. The Morgan fingerprint density at radius 1 is 1.55 bits per heavy atom. The quantitative estimate of drug-likeness (QED) is 0.237. The summed E-state index contributed by atoms with van der Waals surface area (Å²) in [6.45, 7) is 0. The molecule has 0 radical (unpaired) electrons. The topological polar surface area (TPSA) is 26.3 Å². The SMILES string of the molecule is COC(=O)C#CCCCCBr. The highest BCUT2D eigenvalue weighted by molar-refractivity contribution is 9.09. The summed E-state index contributed by atoms with van der Waals surface area (Å²) in [4.78, 5) is 10.4. The summed E-state index contributed by atoms with van der Waals surface area (Å²) in [5, 5.41) is 0.993. The first-order chi connectivity index (χ1) is 5.31. The van der Waals surface area contributed by atoms with Crippen LogP contribution in [0, 0.1) is 11.8 Å². The molecule has 0 aliphatic heterocycles. The van der Waals surface area contributed by atoms with Crippen molar-refractivity contribution < 1.29 is 9.53 Å². The molecule has 0 amide bonds. The van der Waals surface area contributed by atoms with Gasteiger partial charge in [-0.15, -0.1) is 0 Å². The van der Waals surface area contributed by atoms with Gasteiger partial charge in [-0.25, -0.2) is 4.79 Å². The molecule has 0 aromatic carbocycles. The molecule has 0 bridgehead atoms. The highest BCUT2D eigenvalue weighted by atomic mass is 79.9. The van der Waals surface area contributed by atoms with Gasteiger partial charge in [-0.05, 0) is 12.8 Å². The van der Waals surface area contributed by atoms with Crippen molar-refractivity contribution >= 4 is 21.9 Å². The second-order valence-electron chi connectivity index (χ2n) is 1.94. The van der Waals surface area contributed by atoms with Gasteiger partial charge >= 0.3 is 5.97 Å². The van der Waals surface area contributed by atoms with Crippen LogP contribution < -0.4 is 0 Å². The number of carbonyl (C=O) groups is 1. The highest BCUT2D eigenvalue weighted by Gasteiger charge is 1.87. The normalized spacial score (nSPS) is 8.18. The van der Waals surface area contributed by atoms with E-state index in [0.717, 1.165) is 24.6 Å². The zero-order valence-corrected chi connectivity index (χ0v) is 8.11. The summed E-state index contributed by atoms with van der Waals surface area (Å²) < 4.78 is 4.33. The van der Waals surface area contributed by atoms with E-state index in [2.05, 4.69) is 32.5 Å². The van der Waals surface area contributed by atoms with E-state index in [-0.39, 0.29) is 0 Å². The van der Waals surface area contributed by atoms with Gasteiger partial charge in [-0.1, -0.05) is 21.9 Å². The van der Waals surface area contributed by atoms with E-state index in [9.17, 15) is 4.79 Å². The molecule has 0 aromatic rings. The van der Waals surface area contributed by atoms with Crippen LogP contribution in [0.25, 0.3) is 0 Å². The number of esters is 1. The minimum absolute atomic E-state index is 0.455. The van der Waals surface area contributed by atoms with Gasteiger partial charge in [0, 0.05) is 17.7 Å². The van der Waals surface area contributed by atoms with E-state index in [1.54, 1.807) is 0 Å². The number of unbranched alkanes of at least 4 members (excludes halogenated alkanes) is 2. The molecule has 11 heavy (non-hydrogen) atoms. The number of hydrogen-bond acceptors (Lipinski definition) is 2. The van der Waals surface area contributed by atoms with Gasteiger partial charge in [0.05, 0.1) is 7.11 Å². The molecule has 0 aromatic heterocycles. The van der Waals surface area contributed by atoms with E-state index in [0.29, 0.717) is 0 Å². The fraction of sp³-hybridized carbons (Fsp3) is 0.625. The van der Waals surface area contributed by atoms with Crippen LogP contribution in [0.3, 0.4) is 0 Å². The molecule has 0 unspecified atom stereocenters. The number of methoxy groups -OCH3 is 1. The average Bonchev–Trinajstić information content (AvgIpc) is 2.04. The molecule has 0 spiro atoms. The Morgan fingerprint density at radius 2 is 2.27 bits per heavy atom. The lowest BCUT2D eigenvalue weighted by molar-refractivity contribution is -0.133. The minimum atomic E-state index is -0.455. The van der Waals surface area contributed by atoms with Crippen LogP contribution in [0.15, 0.2) is 0 Å². The first-order valence-corrected chi connectivity index (χ1v) is 4.56. The van der Waals surface area contributed by atoms with Crippen molar-refractivity contribution in [2.24, 2.45) is 0 Å². The second-order valence-corrected chi connectivity index (χ2v) is 2.73. The number of hydrogen-bond donors (Lipinski definition) is 0. The smallest absolute Gasteiger partial charge is 0.384 e. The molecular weight excluding hydrogens is 208 g/mol. The van der Waals surface area contributed by atoms with Crippen molar-refractivity contribution in [1.29, 1.82) is 0 Å². The largest absolute Gasteiger partial charge is 0.459 e. The van der Waals surface area contributed by atoms with Crippen molar-refractivity contribution in [3.05, 3.63) is 0 Å². The van der Waals surface area contributed by atoms with E-state index in [1.807, 2.05) is 0 Å². The predicted molar refractivity (Wildman–Crippen MR) is 47.4 cm³/mol. The third-order valence-corrected chi connectivity index (χ3v) is 1.62. The lowest BCUT2D eigenvalue weighted by atomic mass is 10.2. The third kappa shape index (κ3) is 7.41. The van der Waals surface area contributed by atoms with E-state index < -0.39 is 5.97 Å². The van der Waals surface area contributed by atoms with Crippen molar-refractivity contribution in [2.45, 2.75) is 19.3 Å². The molecule has 62 valence electrons. The molecular formula is C8H11BrO2. The average molecular weight is 219 g/mol. The third-order valence-electron chi connectivity index (χ3n) is 1.06. The first kappa shape index (κ1) is 10.5. The number of carbonyl (C=O) groups excluding carboxylic acids is 1. The Kier molecular flexibility index (Phi) is 7.28. The minimum Gasteiger partial charge on any atom is -0.459 e. The van der Waals surface area contributed by atoms with Crippen LogP contribution >= 0.6 is 15.9 Å². The van der Waals surface area contributed by atoms with Gasteiger partial charge in [0.1, 0.15) is 0 Å². The lowest BCUT2D eigenvalue weighted by Gasteiger charge is -1.87. The Balaban J connectivity index is 3.32. The Hall–Kier alpha value is -0.490. The summed E-state index contributed by atoms with van der Waals surface area (Å²) in [5.41, 5.74) is 0. The maximum absolute atomic E-state index is 10.4. The monoisotopic (exact) mass is 218 g/mol. The van der Waals surface area contributed by atoms with Crippen LogP contribution in [0.1, 0.15) is 19.3 Å². The van der Waals surface area contributed by atoms with Gasteiger partial charge in [0.15, 0.2) is 0 Å². The van der Waals surface area contributed by atoms with E-state index in [1.165, 1.54) is 7.11 Å². The maximum atomic E-state index is 10.4. The fourth-order valence-corrected chi connectivity index (χ4v) is 0.890. The lowest BCUT2D eigenvalue weighted by Crippen LogP contribution is -1.94. The highest BCUT2D eigenvalue weighted by Crippen LogP contribution is 1.96. The molecule has 3 heteroatoms. The zero-order valence-electron chi connectivity index (χ0n) is 6.52. The number of ether oxygens (including phenoxy) is 1. The van der Waals surface area contributed by atoms with Gasteiger partial charge < -0.3 is 4.74 Å². The second kappa shape index (κ2) is 7.62. The Labute approximate surface area is 75.4 Å². The predicted octanol–water partition coefficient (Wildman–Crippen LogP) is 1.73. The van der Waals surface area contributed by atoms with Gasteiger partial charge in [0.25, 0.3) is 0 Å². The van der Waals surface area contributed by atoms with Crippen molar-refractivity contribution in [2.75, 3.05) is 12.4 Å². The summed E-state index contributed by atoms with van der Waals surface area (Å²) in [5.74, 6) is 4.64. The molecule has 0 heterocycles. The first-order valence-electron chi connectivity index (χ1n) is 3.44. The van der Waals surface area contributed by atoms with Gasteiger partial charge in [-0.3, -0.25) is 0 Å². The molecule has 0 fully saturated rings. The summed E-state index contributed by atoms with van der Waals surface area (Å²) in [7, 11) is 1.33. The molecule has 0 atom stereocenters. The molecule has 0 aliphatic carbocycles. The van der Waals surface area contributed by atoms with Crippen LogP contribution in [0.4, 0.5) is 0 Å². The van der Waals surface area contributed by atoms with Crippen LogP contribution in [0.2, 0.25) is 0 Å². The number of alkyl halides is 1. The van der Waals surface area contributed by atoms with Gasteiger partial charge in [-0.2, -0.15) is 0 Å². The number of rotatable bonds is 3. The molecule has 0 N–H and O–H groups in total. The van der Waals surface area contributed by atoms with Crippen molar-refractivity contribution in [3.63, 3.8) is 0 Å². The van der Waals surface area contributed by atoms with Crippen LogP contribution in [-0.4, -0.2) is 18.4 Å². The summed E-state index contributed by atoms with van der Waals surface area (Å²) in [6, 6.07) is 0. The zero-order chi connectivity index (χ0) is 8.53. The standard InChI is InChI=1S/C8H11BrO2/c1-11-8(10)6-4-2-3-5-7-9/h2-3,5,7H2,1H3. The summed E-state index contributed by atoms with van der Waals surface area (Å²) in [6.07, 6.45) is 2.88. The van der Waals surface area contributed by atoms with Crippen LogP contribution in [-0.2, 0) is 9.53 Å². The molecule has 0 saturated heterocycles. The number of halogens is 1. The van der Waals surface area contributed by atoms with E-state index in [4.69, 9.17) is 0 Å².